The summed E-state index contributed by atoms with van der Waals surface area (Å²) in [7, 11) is 0. The van der Waals surface area contributed by atoms with Crippen LogP contribution in [0.25, 0.3) is 74.0 Å². The normalized spacial score (nSPS) is 11.8. The van der Waals surface area contributed by atoms with Crippen LogP contribution in [0.4, 0.5) is 17.1 Å². The van der Waals surface area contributed by atoms with E-state index in [1.54, 1.807) is 11.3 Å². The smallest absolute Gasteiger partial charge is 0.159 e. The number of hydrogen-bond donors (Lipinski definition) is 0. The molecule has 0 fully saturated rings. The third kappa shape index (κ3) is 4.36. The first-order valence-electron chi connectivity index (χ1n) is 16.0. The molecule has 3 heterocycles. The van der Waals surface area contributed by atoms with Gasteiger partial charge in [0.1, 0.15) is 10.6 Å². The van der Waals surface area contributed by atoms with Crippen LogP contribution in [0.2, 0.25) is 0 Å². The molecule has 5 heteroatoms. The molecule has 0 bridgehead atoms. The molecule has 0 radical (unpaired) electrons. The van der Waals surface area contributed by atoms with Gasteiger partial charge in [-0.1, -0.05) is 103 Å². The fourth-order valence-electron chi connectivity index (χ4n) is 6.85. The molecule has 0 atom stereocenters. The summed E-state index contributed by atoms with van der Waals surface area (Å²) in [4.78, 5) is 7.42. The highest BCUT2D eigenvalue weighted by molar-refractivity contribution is 7.26. The zero-order valence-electron chi connectivity index (χ0n) is 25.6. The van der Waals surface area contributed by atoms with E-state index in [0.29, 0.717) is 0 Å². The van der Waals surface area contributed by atoms with Gasteiger partial charge >= 0.3 is 0 Å². The van der Waals surface area contributed by atoms with Gasteiger partial charge in [-0.15, -0.1) is 22.7 Å². The molecular formula is C43H26N2OS2. The minimum atomic E-state index is 0.881. The van der Waals surface area contributed by atoms with Crippen LogP contribution in [0, 0.1) is 0 Å². The molecule has 10 rings (SSSR count). The second-order valence-electron chi connectivity index (χ2n) is 12.0. The number of anilines is 3. The van der Waals surface area contributed by atoms with Gasteiger partial charge in [-0.05, 0) is 65.7 Å². The fraction of sp³-hybridized carbons (Fsp3) is 0. The Morgan fingerprint density at radius 1 is 0.479 bits per heavy atom. The lowest BCUT2D eigenvalue weighted by Gasteiger charge is -2.25. The molecule has 0 unspecified atom stereocenters. The molecule has 0 saturated heterocycles. The van der Waals surface area contributed by atoms with E-state index < -0.39 is 0 Å². The summed E-state index contributed by atoms with van der Waals surface area (Å²) < 4.78 is 10.2. The molecule has 3 aromatic heterocycles. The first kappa shape index (κ1) is 27.4. The van der Waals surface area contributed by atoms with Crippen molar-refractivity contribution in [1.29, 1.82) is 0 Å². The van der Waals surface area contributed by atoms with E-state index in [0.717, 1.165) is 55.1 Å². The molecule has 0 aliphatic heterocycles. The number of benzene rings is 7. The third-order valence-electron chi connectivity index (χ3n) is 9.11. The van der Waals surface area contributed by atoms with Gasteiger partial charge in [-0.25, -0.2) is 4.98 Å². The highest BCUT2D eigenvalue weighted by Crippen LogP contribution is 2.44. The lowest BCUT2D eigenvalue weighted by atomic mass is 10.0. The zero-order chi connectivity index (χ0) is 31.6. The van der Waals surface area contributed by atoms with E-state index in [1.165, 1.54) is 36.0 Å². The summed E-state index contributed by atoms with van der Waals surface area (Å²) in [5.74, 6) is 0. The Balaban J connectivity index is 1.06. The summed E-state index contributed by atoms with van der Waals surface area (Å²) >= 11 is 3.60. The van der Waals surface area contributed by atoms with Crippen molar-refractivity contribution in [3.63, 3.8) is 0 Å². The number of rotatable bonds is 5. The van der Waals surface area contributed by atoms with Crippen molar-refractivity contribution >= 4 is 92.1 Å². The summed E-state index contributed by atoms with van der Waals surface area (Å²) in [6.45, 7) is 0. The minimum absolute atomic E-state index is 0.881. The molecule has 0 saturated carbocycles. The molecule has 10 aromatic rings. The van der Waals surface area contributed by atoms with Gasteiger partial charge in [0.05, 0.1) is 15.9 Å². The van der Waals surface area contributed by atoms with Crippen LogP contribution in [0.3, 0.4) is 0 Å². The Morgan fingerprint density at radius 2 is 1.19 bits per heavy atom. The molecule has 0 aliphatic carbocycles. The van der Waals surface area contributed by atoms with Gasteiger partial charge in [0.15, 0.2) is 5.58 Å². The molecule has 0 aliphatic rings. The van der Waals surface area contributed by atoms with Gasteiger partial charge in [-0.3, -0.25) is 0 Å². The predicted octanol–water partition coefficient (Wildman–Crippen LogP) is 13.4. The van der Waals surface area contributed by atoms with Crippen LogP contribution in [0.5, 0.6) is 0 Å². The number of para-hydroxylation sites is 3. The third-order valence-corrected chi connectivity index (χ3v) is 11.3. The summed E-state index contributed by atoms with van der Waals surface area (Å²) in [5.41, 5.74) is 9.58. The van der Waals surface area contributed by atoms with Gasteiger partial charge in [0.2, 0.25) is 0 Å². The van der Waals surface area contributed by atoms with Gasteiger partial charge < -0.3 is 9.32 Å². The maximum absolute atomic E-state index is 6.47. The molecule has 48 heavy (non-hydrogen) atoms. The monoisotopic (exact) mass is 650 g/mol. The number of nitrogens with zero attached hydrogens (tertiary/aromatic N) is 2. The molecule has 0 spiro atoms. The number of furan rings is 1. The average Bonchev–Trinajstić information content (AvgIpc) is 3.86. The average molecular weight is 651 g/mol. The molecule has 3 nitrogen and oxygen atoms in total. The summed E-state index contributed by atoms with van der Waals surface area (Å²) in [5, 5.41) is 5.83. The number of fused-ring (bicyclic) bond motifs is 8. The highest BCUT2D eigenvalue weighted by Gasteiger charge is 2.19. The second-order valence-corrected chi connectivity index (χ2v) is 14.1. The van der Waals surface area contributed by atoms with Gasteiger partial charge in [-0.2, -0.15) is 0 Å². The van der Waals surface area contributed by atoms with Crippen LogP contribution in [0.1, 0.15) is 0 Å². The number of thiazole rings is 1. The number of thiophene rings is 1. The van der Waals surface area contributed by atoms with E-state index in [-0.39, 0.29) is 0 Å². The lowest BCUT2D eigenvalue weighted by Crippen LogP contribution is -2.10. The van der Waals surface area contributed by atoms with Crippen molar-refractivity contribution in [2.45, 2.75) is 0 Å². The highest BCUT2D eigenvalue weighted by atomic mass is 32.1. The number of hydrogen-bond acceptors (Lipinski definition) is 5. The first-order chi connectivity index (χ1) is 23.8. The Labute approximate surface area is 284 Å². The van der Waals surface area contributed by atoms with E-state index >= 15 is 0 Å². The quantitative estimate of drug-likeness (QED) is 0.186. The standard InChI is InChI=1S/C43H26N2OS2/c1-3-10-28(11-4-1)43-44-41-38(48-43)25-24-37-40(41)34-23-20-29(26-39(34)47-37)27-18-21-31(22-19-27)45(30-12-5-2-6-13-30)35-16-9-15-33-32-14-7-8-17-36(32)46-42(33)35/h1-26H. The molecule has 0 N–H and O–H groups in total. The van der Waals surface area contributed by atoms with Crippen molar-refractivity contribution in [2.75, 3.05) is 4.90 Å². The van der Waals surface area contributed by atoms with E-state index in [1.807, 2.05) is 23.5 Å². The van der Waals surface area contributed by atoms with Gasteiger partial charge in [0.25, 0.3) is 0 Å². The molecule has 0 amide bonds. The fourth-order valence-corrected chi connectivity index (χ4v) is 8.98. The lowest BCUT2D eigenvalue weighted by molar-refractivity contribution is 0.669. The molecule has 7 aromatic carbocycles. The van der Waals surface area contributed by atoms with Crippen LogP contribution in [-0.2, 0) is 0 Å². The maximum Gasteiger partial charge on any atom is 0.159 e. The molecular weight excluding hydrogens is 625 g/mol. The molecule has 226 valence electrons. The largest absolute Gasteiger partial charge is 0.454 e. The van der Waals surface area contributed by atoms with Crippen molar-refractivity contribution in [1.82, 2.24) is 4.98 Å². The Kier molecular flexibility index (Phi) is 6.22. The first-order valence-corrected chi connectivity index (χ1v) is 17.6. The Morgan fingerprint density at radius 3 is 2.04 bits per heavy atom. The maximum atomic E-state index is 6.47. The van der Waals surface area contributed by atoms with Crippen molar-refractivity contribution in [2.24, 2.45) is 0 Å². The topological polar surface area (TPSA) is 29.3 Å². The SMILES string of the molecule is c1ccc(-c2nc3c(ccc4sc5cc(-c6ccc(N(c7ccccc7)c7cccc8c7oc7ccccc78)cc6)ccc5c43)s2)cc1. The minimum Gasteiger partial charge on any atom is -0.454 e. The van der Waals surface area contributed by atoms with Crippen LogP contribution < -0.4 is 4.90 Å². The van der Waals surface area contributed by atoms with Crippen LogP contribution in [0.15, 0.2) is 162 Å². The summed E-state index contributed by atoms with van der Waals surface area (Å²) in [6.07, 6.45) is 0. The van der Waals surface area contributed by atoms with E-state index in [9.17, 15) is 0 Å². The Hall–Kier alpha value is -5.75. The van der Waals surface area contributed by atoms with Crippen LogP contribution >= 0.6 is 22.7 Å². The van der Waals surface area contributed by atoms with Crippen molar-refractivity contribution in [3.8, 4) is 21.7 Å². The second kappa shape index (κ2) is 10.9. The predicted molar refractivity (Wildman–Crippen MR) is 205 cm³/mol. The van der Waals surface area contributed by atoms with Crippen molar-refractivity contribution in [3.05, 3.63) is 158 Å². The Bertz CT molecular complexity index is 2780. The van der Waals surface area contributed by atoms with E-state index in [4.69, 9.17) is 9.40 Å². The number of aromatic nitrogens is 1. The van der Waals surface area contributed by atoms with Gasteiger partial charge in [0, 0.05) is 47.9 Å². The van der Waals surface area contributed by atoms with Crippen molar-refractivity contribution < 1.29 is 4.42 Å². The van der Waals surface area contributed by atoms with E-state index in [2.05, 4.69) is 150 Å². The summed E-state index contributed by atoms with van der Waals surface area (Å²) in [6, 6.07) is 55.8. The van der Waals surface area contributed by atoms with Crippen LogP contribution in [-0.4, -0.2) is 4.98 Å². The zero-order valence-corrected chi connectivity index (χ0v) is 27.3.